The van der Waals surface area contributed by atoms with Crippen molar-refractivity contribution in [3.63, 3.8) is 0 Å². The molecule has 17 heavy (non-hydrogen) atoms. The van der Waals surface area contributed by atoms with E-state index in [1.807, 2.05) is 0 Å². The van der Waals surface area contributed by atoms with E-state index in [1.165, 1.54) is 0 Å². The average Bonchev–Trinajstić information content (AvgIpc) is 2.31. The van der Waals surface area contributed by atoms with Crippen molar-refractivity contribution >= 4 is 17.7 Å². The second kappa shape index (κ2) is 6.02. The quantitative estimate of drug-likeness (QED) is 0.820. The predicted molar refractivity (Wildman–Crippen MR) is 65.6 cm³/mol. The maximum Gasteiger partial charge on any atom is 0.321 e. The van der Waals surface area contributed by atoms with Gasteiger partial charge in [-0.15, -0.1) is 0 Å². The fourth-order valence-electron chi connectivity index (χ4n) is 1.23. The summed E-state index contributed by atoms with van der Waals surface area (Å²) in [6, 6.07) is 0.348. The van der Waals surface area contributed by atoms with Crippen molar-refractivity contribution in [3.8, 4) is 6.01 Å². The smallest absolute Gasteiger partial charge is 0.321 e. The van der Waals surface area contributed by atoms with Gasteiger partial charge in [-0.1, -0.05) is 18.7 Å². The molecule has 0 radical (unpaired) electrons. The Morgan fingerprint density at radius 2 is 2.24 bits per heavy atom. The topological polar surface area (TPSA) is 69.2 Å². The number of ether oxygens (including phenoxy) is 2. The molecule has 0 aromatic carbocycles. The molecular formula is C10H16N4O2S. The summed E-state index contributed by atoms with van der Waals surface area (Å²) < 4.78 is 10.2. The lowest BCUT2D eigenvalue weighted by atomic mass is 10.4. The molecule has 6 nitrogen and oxygen atoms in total. The molecule has 0 bridgehead atoms. The van der Waals surface area contributed by atoms with Crippen LogP contribution in [0.5, 0.6) is 6.01 Å². The number of nitrogens with zero attached hydrogens (tertiary/aromatic N) is 3. The normalized spacial score (nSPS) is 15.4. The molecule has 1 N–H and O–H groups in total. The van der Waals surface area contributed by atoms with Crippen molar-refractivity contribution in [2.75, 3.05) is 32.2 Å². The highest BCUT2D eigenvalue weighted by atomic mass is 32.2. The molecular weight excluding hydrogens is 240 g/mol. The van der Waals surface area contributed by atoms with Crippen LogP contribution < -0.4 is 10.1 Å². The number of aromatic nitrogens is 3. The monoisotopic (exact) mass is 256 g/mol. The molecule has 0 unspecified atom stereocenters. The first-order valence-corrected chi connectivity index (χ1v) is 6.48. The fraction of sp³-hybridized carbons (Fsp3) is 0.700. The number of nitrogens with one attached hydrogen (secondary N) is 1. The zero-order valence-corrected chi connectivity index (χ0v) is 10.8. The van der Waals surface area contributed by atoms with E-state index in [1.54, 1.807) is 18.9 Å². The van der Waals surface area contributed by atoms with E-state index < -0.39 is 0 Å². The third kappa shape index (κ3) is 3.44. The zero-order valence-electron chi connectivity index (χ0n) is 9.97. The Bertz CT molecular complexity index is 373. The van der Waals surface area contributed by atoms with Crippen LogP contribution in [0.15, 0.2) is 5.16 Å². The minimum Gasteiger partial charge on any atom is -0.467 e. The summed E-state index contributed by atoms with van der Waals surface area (Å²) in [5, 5.41) is 4.26. The van der Waals surface area contributed by atoms with Crippen molar-refractivity contribution in [2.24, 2.45) is 0 Å². The van der Waals surface area contributed by atoms with Gasteiger partial charge < -0.3 is 14.8 Å². The van der Waals surface area contributed by atoms with Crippen LogP contribution in [0.25, 0.3) is 0 Å². The van der Waals surface area contributed by atoms with Crippen LogP contribution in [0.4, 0.5) is 5.95 Å². The summed E-state index contributed by atoms with van der Waals surface area (Å²) in [6.07, 6.45) is 1.02. The third-order valence-electron chi connectivity index (χ3n) is 2.19. The Labute approximate surface area is 105 Å². The third-order valence-corrected chi connectivity index (χ3v) is 3.19. The van der Waals surface area contributed by atoms with Crippen LogP contribution in [0.2, 0.25) is 0 Å². The Morgan fingerprint density at radius 3 is 2.82 bits per heavy atom. The fourth-order valence-corrected chi connectivity index (χ4v) is 2.13. The summed E-state index contributed by atoms with van der Waals surface area (Å²) in [5.41, 5.74) is 0. The first-order chi connectivity index (χ1) is 8.31. The van der Waals surface area contributed by atoms with Gasteiger partial charge in [0.25, 0.3) is 0 Å². The van der Waals surface area contributed by atoms with Crippen LogP contribution >= 0.6 is 11.8 Å². The summed E-state index contributed by atoms with van der Waals surface area (Å²) in [6.45, 7) is 4.45. The largest absolute Gasteiger partial charge is 0.467 e. The van der Waals surface area contributed by atoms with E-state index in [0.717, 1.165) is 26.2 Å². The van der Waals surface area contributed by atoms with Crippen LogP contribution in [0.1, 0.15) is 13.3 Å². The molecule has 2 rings (SSSR count). The Kier molecular flexibility index (Phi) is 4.38. The minimum atomic E-state index is 0.348. The average molecular weight is 256 g/mol. The second-order valence-electron chi connectivity index (χ2n) is 3.63. The van der Waals surface area contributed by atoms with Gasteiger partial charge in [-0.3, -0.25) is 0 Å². The van der Waals surface area contributed by atoms with Crippen molar-refractivity contribution in [3.05, 3.63) is 0 Å². The predicted octanol–water partition coefficient (Wildman–Crippen LogP) is 1.19. The lowest BCUT2D eigenvalue weighted by Gasteiger charge is -2.24. The standard InChI is InChI=1S/C10H16N4O2S/c1-3-4-11-8-12-9(15-2)14-10(13-8)17-7-5-16-6-7/h7H,3-6H2,1-2H3,(H,11,12,13,14). The van der Waals surface area contributed by atoms with E-state index in [4.69, 9.17) is 9.47 Å². The van der Waals surface area contributed by atoms with Gasteiger partial charge in [0.15, 0.2) is 5.16 Å². The van der Waals surface area contributed by atoms with Gasteiger partial charge in [-0.2, -0.15) is 15.0 Å². The van der Waals surface area contributed by atoms with Crippen LogP contribution in [-0.2, 0) is 4.74 Å². The zero-order chi connectivity index (χ0) is 12.1. The summed E-state index contributed by atoms with van der Waals surface area (Å²) >= 11 is 1.60. The number of thioether (sulfide) groups is 1. The molecule has 0 spiro atoms. The van der Waals surface area contributed by atoms with E-state index in [2.05, 4.69) is 27.2 Å². The molecule has 0 amide bonds. The van der Waals surface area contributed by atoms with Gasteiger partial charge in [0.2, 0.25) is 5.95 Å². The lowest BCUT2D eigenvalue weighted by molar-refractivity contribution is 0.0454. The molecule has 0 aliphatic carbocycles. The SMILES string of the molecule is CCCNc1nc(OC)nc(SC2COC2)n1. The first-order valence-electron chi connectivity index (χ1n) is 5.60. The maximum absolute atomic E-state index is 5.12. The van der Waals surface area contributed by atoms with Gasteiger partial charge in [0, 0.05) is 6.54 Å². The number of rotatable bonds is 6. The molecule has 1 aliphatic rings. The Balaban J connectivity index is 2.06. The molecule has 1 aromatic rings. The van der Waals surface area contributed by atoms with Gasteiger partial charge in [-0.05, 0) is 6.42 Å². The highest BCUT2D eigenvalue weighted by Gasteiger charge is 2.21. The van der Waals surface area contributed by atoms with Crippen molar-refractivity contribution in [1.82, 2.24) is 15.0 Å². The molecule has 1 aromatic heterocycles. The maximum atomic E-state index is 5.12. The minimum absolute atomic E-state index is 0.348. The molecule has 1 aliphatic heterocycles. The molecule has 1 fully saturated rings. The summed E-state index contributed by atoms with van der Waals surface area (Å²) in [7, 11) is 1.56. The highest BCUT2D eigenvalue weighted by Crippen LogP contribution is 2.26. The van der Waals surface area contributed by atoms with Gasteiger partial charge in [-0.25, -0.2) is 0 Å². The molecule has 0 saturated carbocycles. The summed E-state index contributed by atoms with van der Waals surface area (Å²) in [4.78, 5) is 12.7. The Hall–Kier alpha value is -1.08. The van der Waals surface area contributed by atoms with Gasteiger partial charge in [0.1, 0.15) is 0 Å². The van der Waals surface area contributed by atoms with Crippen LogP contribution in [-0.4, -0.2) is 47.1 Å². The molecule has 1 saturated heterocycles. The van der Waals surface area contributed by atoms with Gasteiger partial charge in [0.05, 0.1) is 25.6 Å². The molecule has 2 heterocycles. The highest BCUT2D eigenvalue weighted by molar-refractivity contribution is 7.99. The summed E-state index contributed by atoms with van der Waals surface area (Å²) in [5.74, 6) is 0.571. The van der Waals surface area contributed by atoms with Crippen molar-refractivity contribution < 1.29 is 9.47 Å². The number of methoxy groups -OCH3 is 1. The van der Waals surface area contributed by atoms with Crippen molar-refractivity contribution in [1.29, 1.82) is 0 Å². The van der Waals surface area contributed by atoms with Crippen molar-refractivity contribution in [2.45, 2.75) is 23.8 Å². The first kappa shape index (κ1) is 12.4. The number of hydrogen-bond acceptors (Lipinski definition) is 7. The molecule has 94 valence electrons. The van der Waals surface area contributed by atoms with Crippen LogP contribution in [0, 0.1) is 0 Å². The second-order valence-corrected chi connectivity index (χ2v) is 4.90. The van der Waals surface area contributed by atoms with E-state index in [9.17, 15) is 0 Å². The van der Waals surface area contributed by atoms with E-state index in [0.29, 0.717) is 22.4 Å². The van der Waals surface area contributed by atoms with Crippen LogP contribution in [0.3, 0.4) is 0 Å². The molecule has 7 heteroatoms. The van der Waals surface area contributed by atoms with Gasteiger partial charge >= 0.3 is 6.01 Å². The molecule has 0 atom stereocenters. The van der Waals surface area contributed by atoms with E-state index >= 15 is 0 Å². The number of hydrogen-bond donors (Lipinski definition) is 1. The number of anilines is 1. The Morgan fingerprint density at radius 1 is 1.41 bits per heavy atom. The lowest BCUT2D eigenvalue weighted by Crippen LogP contribution is -2.30. The van der Waals surface area contributed by atoms with E-state index in [-0.39, 0.29) is 0 Å².